The summed E-state index contributed by atoms with van der Waals surface area (Å²) in [6, 6.07) is 7.76. The van der Waals surface area contributed by atoms with E-state index >= 15 is 0 Å². The number of nitrogens with zero attached hydrogens (tertiary/aromatic N) is 2. The van der Waals surface area contributed by atoms with E-state index in [9.17, 15) is 14.9 Å². The topological polar surface area (TPSA) is 88.9 Å². The second kappa shape index (κ2) is 11.9. The van der Waals surface area contributed by atoms with Crippen LogP contribution in [0.25, 0.3) is 0 Å². The highest BCUT2D eigenvalue weighted by molar-refractivity contribution is 8.03. The first kappa shape index (κ1) is 23.4. The Labute approximate surface area is 181 Å². The molecule has 160 valence electrons. The van der Waals surface area contributed by atoms with E-state index < -0.39 is 11.9 Å². The van der Waals surface area contributed by atoms with Gasteiger partial charge >= 0.3 is 11.9 Å². The van der Waals surface area contributed by atoms with Crippen LogP contribution < -0.4 is 9.64 Å². The minimum Gasteiger partial charge on any atom is -0.497 e. The van der Waals surface area contributed by atoms with Crippen molar-refractivity contribution in [2.75, 3.05) is 25.2 Å². The van der Waals surface area contributed by atoms with Crippen molar-refractivity contribution in [1.29, 1.82) is 5.26 Å². The van der Waals surface area contributed by atoms with Crippen LogP contribution in [0.2, 0.25) is 0 Å². The van der Waals surface area contributed by atoms with Gasteiger partial charge in [0.1, 0.15) is 16.8 Å². The fourth-order valence-electron chi connectivity index (χ4n) is 2.78. The zero-order chi connectivity index (χ0) is 21.9. The van der Waals surface area contributed by atoms with Crippen molar-refractivity contribution in [2.24, 2.45) is 0 Å². The lowest BCUT2D eigenvalue weighted by Gasteiger charge is -2.20. The molecule has 7 nitrogen and oxygen atoms in total. The Morgan fingerprint density at radius 1 is 1.30 bits per heavy atom. The Balaban J connectivity index is 2.06. The third kappa shape index (κ3) is 6.29. The first-order chi connectivity index (χ1) is 14.5. The number of anilines is 1. The second-order valence-corrected chi connectivity index (χ2v) is 7.52. The number of benzene rings is 1. The van der Waals surface area contributed by atoms with Gasteiger partial charge in [-0.1, -0.05) is 31.7 Å². The van der Waals surface area contributed by atoms with E-state index in [1.165, 1.54) is 11.8 Å². The summed E-state index contributed by atoms with van der Waals surface area (Å²) >= 11 is 1.40. The van der Waals surface area contributed by atoms with Gasteiger partial charge in [-0.15, -0.1) is 0 Å². The Morgan fingerprint density at radius 2 is 2.10 bits per heavy atom. The number of hydrogen-bond donors (Lipinski definition) is 0. The van der Waals surface area contributed by atoms with Gasteiger partial charge in [-0.2, -0.15) is 5.26 Å². The largest absolute Gasteiger partial charge is 0.497 e. The number of allylic oxidation sites excluding steroid dienone is 1. The van der Waals surface area contributed by atoms with E-state index in [-0.39, 0.29) is 18.8 Å². The summed E-state index contributed by atoms with van der Waals surface area (Å²) in [5.41, 5.74) is 0.970. The summed E-state index contributed by atoms with van der Waals surface area (Å²) in [5.74, 6) is -0.255. The zero-order valence-electron chi connectivity index (χ0n) is 17.3. The molecule has 0 spiro atoms. The normalized spacial score (nSPS) is 13.8. The first-order valence-electron chi connectivity index (χ1n) is 9.81. The highest BCUT2D eigenvalue weighted by Crippen LogP contribution is 2.48. The molecule has 8 heteroatoms. The number of rotatable bonds is 11. The smallest absolute Gasteiger partial charge is 0.330 e. The lowest BCUT2D eigenvalue weighted by Crippen LogP contribution is -2.21. The van der Waals surface area contributed by atoms with Gasteiger partial charge in [0.2, 0.25) is 5.76 Å². The number of ether oxygens (including phenoxy) is 3. The van der Waals surface area contributed by atoms with Crippen molar-refractivity contribution < 1.29 is 23.8 Å². The quantitative estimate of drug-likeness (QED) is 0.166. The van der Waals surface area contributed by atoms with Crippen molar-refractivity contribution in [3.05, 3.63) is 41.6 Å². The van der Waals surface area contributed by atoms with Crippen LogP contribution in [-0.4, -0.2) is 32.2 Å². The fraction of sp³-hybridized carbons (Fsp3) is 0.409. The molecule has 1 aromatic rings. The van der Waals surface area contributed by atoms with E-state index in [2.05, 4.69) is 13.5 Å². The van der Waals surface area contributed by atoms with Gasteiger partial charge in [-0.3, -0.25) is 4.79 Å². The van der Waals surface area contributed by atoms with E-state index in [0.717, 1.165) is 41.8 Å². The minimum atomic E-state index is -0.490. The van der Waals surface area contributed by atoms with Crippen LogP contribution in [-0.2, 0) is 19.1 Å². The molecule has 1 heterocycles. The molecular weight excluding hydrogens is 404 g/mol. The molecule has 0 aromatic heterocycles. The van der Waals surface area contributed by atoms with Gasteiger partial charge in [0.15, 0.2) is 0 Å². The summed E-state index contributed by atoms with van der Waals surface area (Å²) in [6.45, 7) is 6.34. The number of hydrogen-bond acceptors (Lipinski definition) is 8. The Morgan fingerprint density at radius 3 is 2.77 bits per heavy atom. The van der Waals surface area contributed by atoms with Crippen LogP contribution in [0, 0.1) is 11.3 Å². The van der Waals surface area contributed by atoms with E-state index in [0.29, 0.717) is 17.9 Å². The monoisotopic (exact) mass is 430 g/mol. The maximum absolute atomic E-state index is 12.2. The number of carbonyl (C=O) groups excluding carboxylic acids is 2. The SMILES string of the molecule is C=CC(=O)OCCCCC(=O)O/C(C#N)=C1\Sc2cc(OC)ccc2N1CCCC. The van der Waals surface area contributed by atoms with Crippen molar-refractivity contribution in [3.63, 3.8) is 0 Å². The fourth-order valence-corrected chi connectivity index (χ4v) is 3.93. The third-order valence-corrected chi connectivity index (χ3v) is 5.49. The Hall–Kier alpha value is -2.92. The lowest BCUT2D eigenvalue weighted by atomic mass is 10.2. The molecule has 0 saturated carbocycles. The number of unbranched alkanes of at least 4 members (excludes halogenated alkanes) is 2. The number of methoxy groups -OCH3 is 1. The molecule has 0 N–H and O–H groups in total. The molecule has 1 aliphatic heterocycles. The molecule has 0 bridgehead atoms. The van der Waals surface area contributed by atoms with Gasteiger partial charge in [-0.25, -0.2) is 4.79 Å². The molecule has 2 rings (SSSR count). The predicted molar refractivity (Wildman–Crippen MR) is 115 cm³/mol. The molecule has 0 saturated heterocycles. The summed E-state index contributed by atoms with van der Waals surface area (Å²) in [5, 5.41) is 10.3. The summed E-state index contributed by atoms with van der Waals surface area (Å²) in [7, 11) is 1.60. The van der Waals surface area contributed by atoms with E-state index in [1.807, 2.05) is 29.2 Å². The molecule has 0 amide bonds. The average molecular weight is 431 g/mol. The molecule has 0 fully saturated rings. The van der Waals surface area contributed by atoms with Crippen LogP contribution in [0.4, 0.5) is 5.69 Å². The van der Waals surface area contributed by atoms with Crippen molar-refractivity contribution in [1.82, 2.24) is 0 Å². The van der Waals surface area contributed by atoms with Crippen LogP contribution in [0.15, 0.2) is 46.5 Å². The van der Waals surface area contributed by atoms with Gasteiger partial charge in [0.05, 0.1) is 19.4 Å². The van der Waals surface area contributed by atoms with Gasteiger partial charge in [0, 0.05) is 23.9 Å². The molecule has 0 radical (unpaired) electrons. The second-order valence-electron chi connectivity index (χ2n) is 6.49. The molecule has 30 heavy (non-hydrogen) atoms. The van der Waals surface area contributed by atoms with Gasteiger partial charge < -0.3 is 19.1 Å². The number of thioether (sulfide) groups is 1. The summed E-state index contributed by atoms with van der Waals surface area (Å²) in [4.78, 5) is 26.2. The number of nitriles is 1. The zero-order valence-corrected chi connectivity index (χ0v) is 18.1. The van der Waals surface area contributed by atoms with Gasteiger partial charge in [0.25, 0.3) is 0 Å². The summed E-state index contributed by atoms with van der Waals surface area (Å²) < 4.78 is 15.6. The van der Waals surface area contributed by atoms with Crippen LogP contribution in [0.1, 0.15) is 39.0 Å². The molecule has 1 aliphatic rings. The highest BCUT2D eigenvalue weighted by atomic mass is 32.2. The molecule has 0 aliphatic carbocycles. The molecule has 1 aromatic carbocycles. The third-order valence-electron chi connectivity index (χ3n) is 4.34. The van der Waals surface area contributed by atoms with Gasteiger partial charge in [-0.05, 0) is 37.5 Å². The predicted octanol–water partition coefficient (Wildman–Crippen LogP) is 4.54. The Bertz CT molecular complexity index is 860. The lowest BCUT2D eigenvalue weighted by molar-refractivity contribution is -0.139. The number of carbonyl (C=O) groups is 2. The summed E-state index contributed by atoms with van der Waals surface area (Å²) in [6.07, 6.45) is 4.17. The van der Waals surface area contributed by atoms with Crippen LogP contribution in [0.5, 0.6) is 5.75 Å². The molecule has 0 unspecified atom stereocenters. The van der Waals surface area contributed by atoms with Crippen molar-refractivity contribution in [3.8, 4) is 11.8 Å². The average Bonchev–Trinajstić information content (AvgIpc) is 3.12. The maximum Gasteiger partial charge on any atom is 0.330 e. The van der Waals surface area contributed by atoms with Crippen LogP contribution >= 0.6 is 11.8 Å². The van der Waals surface area contributed by atoms with Crippen LogP contribution in [0.3, 0.4) is 0 Å². The van der Waals surface area contributed by atoms with Crippen molar-refractivity contribution >= 4 is 29.4 Å². The maximum atomic E-state index is 12.2. The van der Waals surface area contributed by atoms with Crippen molar-refractivity contribution in [2.45, 2.75) is 43.9 Å². The molecule has 0 atom stereocenters. The first-order valence-corrected chi connectivity index (χ1v) is 10.6. The standard InChI is InChI=1S/C22H26N2O5S/c1-4-6-12-24-17-11-10-16(27-3)14-19(17)30-22(24)18(15-23)29-21(26)9-7-8-13-28-20(25)5-2/h5,10-11,14H,2,4,6-9,12-13H2,1,3H3/b22-18-. The Kier molecular flexibility index (Phi) is 9.29. The highest BCUT2D eigenvalue weighted by Gasteiger charge is 2.30. The number of fused-ring (bicyclic) bond motifs is 1. The van der Waals surface area contributed by atoms with E-state index in [1.54, 1.807) is 7.11 Å². The number of esters is 2. The molecular formula is C22H26N2O5S. The minimum absolute atomic E-state index is 0.00523. The van der Waals surface area contributed by atoms with E-state index in [4.69, 9.17) is 14.2 Å².